The smallest absolute Gasteiger partial charge is 0.222 e. The summed E-state index contributed by atoms with van der Waals surface area (Å²) in [5.41, 5.74) is 0. The third-order valence-corrected chi connectivity index (χ3v) is 2.42. The van der Waals surface area contributed by atoms with Crippen LogP contribution in [-0.4, -0.2) is 23.7 Å². The summed E-state index contributed by atoms with van der Waals surface area (Å²) in [6, 6.07) is 0. The Labute approximate surface area is 86.9 Å². The maximum Gasteiger partial charge on any atom is 0.222 e. The molecule has 0 aromatic heterocycles. The van der Waals surface area contributed by atoms with E-state index in [0.717, 1.165) is 19.3 Å². The lowest BCUT2D eigenvalue weighted by Gasteiger charge is -2.12. The lowest BCUT2D eigenvalue weighted by Crippen LogP contribution is -2.31. The van der Waals surface area contributed by atoms with Gasteiger partial charge >= 0.3 is 0 Å². The molecule has 0 aromatic rings. The highest BCUT2D eigenvalue weighted by atomic mass is 16.3. The molecule has 2 atom stereocenters. The number of amides is 1. The minimum Gasteiger partial charge on any atom is -0.393 e. The third-order valence-electron chi connectivity index (χ3n) is 2.42. The Balaban J connectivity index is 3.53. The van der Waals surface area contributed by atoms with E-state index >= 15 is 0 Å². The average molecular weight is 201 g/mol. The summed E-state index contributed by atoms with van der Waals surface area (Å²) in [7, 11) is 0. The summed E-state index contributed by atoms with van der Waals surface area (Å²) in [5.74, 6) is 0.203. The Hall–Kier alpha value is -0.570. The van der Waals surface area contributed by atoms with Crippen molar-refractivity contribution >= 4 is 5.91 Å². The van der Waals surface area contributed by atoms with Crippen LogP contribution in [0.5, 0.6) is 0 Å². The number of hydrogen-bond donors (Lipinski definition) is 2. The molecule has 0 radical (unpaired) electrons. The van der Waals surface area contributed by atoms with Crippen molar-refractivity contribution in [3.05, 3.63) is 0 Å². The van der Waals surface area contributed by atoms with Crippen LogP contribution in [0.4, 0.5) is 0 Å². The van der Waals surface area contributed by atoms with Crippen molar-refractivity contribution in [1.29, 1.82) is 0 Å². The zero-order chi connectivity index (χ0) is 11.0. The fraction of sp³-hybridized carbons (Fsp3) is 0.909. The molecule has 3 nitrogen and oxygen atoms in total. The Morgan fingerprint density at radius 2 is 2.00 bits per heavy atom. The molecule has 0 aliphatic rings. The highest BCUT2D eigenvalue weighted by molar-refractivity contribution is 5.78. The van der Waals surface area contributed by atoms with Crippen molar-refractivity contribution in [1.82, 2.24) is 5.32 Å². The Morgan fingerprint density at radius 1 is 1.36 bits per heavy atom. The molecule has 0 saturated carbocycles. The highest BCUT2D eigenvalue weighted by Crippen LogP contribution is 2.04. The topological polar surface area (TPSA) is 49.3 Å². The second-order valence-electron chi connectivity index (χ2n) is 3.83. The zero-order valence-electron chi connectivity index (χ0n) is 9.55. The van der Waals surface area contributed by atoms with Crippen LogP contribution in [-0.2, 0) is 4.79 Å². The average Bonchev–Trinajstić information content (AvgIpc) is 2.17. The van der Waals surface area contributed by atoms with E-state index < -0.39 is 0 Å². The molecule has 2 unspecified atom stereocenters. The second-order valence-corrected chi connectivity index (χ2v) is 3.83. The summed E-state index contributed by atoms with van der Waals surface area (Å²) in [4.78, 5) is 11.4. The van der Waals surface area contributed by atoms with Crippen LogP contribution in [0.2, 0.25) is 0 Å². The van der Waals surface area contributed by atoms with Crippen LogP contribution in [0.25, 0.3) is 0 Å². The molecule has 84 valence electrons. The second kappa shape index (κ2) is 7.80. The molecule has 0 aliphatic heterocycles. The standard InChI is InChI=1S/C11H23NO2/c1-4-6-9(3)11(14)12-8-7-10(13)5-2/h9-10,13H,4-8H2,1-3H3,(H,12,14). The molecule has 3 heteroatoms. The van der Waals surface area contributed by atoms with E-state index in [4.69, 9.17) is 0 Å². The quantitative estimate of drug-likeness (QED) is 0.658. The Bertz CT molecular complexity index is 159. The van der Waals surface area contributed by atoms with Crippen molar-refractivity contribution in [2.24, 2.45) is 5.92 Å². The summed E-state index contributed by atoms with van der Waals surface area (Å²) in [5, 5.41) is 12.1. The molecule has 0 rings (SSSR count). The van der Waals surface area contributed by atoms with Gasteiger partial charge in [0.2, 0.25) is 5.91 Å². The van der Waals surface area contributed by atoms with E-state index in [9.17, 15) is 9.90 Å². The van der Waals surface area contributed by atoms with Crippen molar-refractivity contribution in [3.63, 3.8) is 0 Å². The minimum absolute atomic E-state index is 0.0961. The van der Waals surface area contributed by atoms with Gasteiger partial charge in [-0.25, -0.2) is 0 Å². The molecule has 0 saturated heterocycles. The molecule has 0 heterocycles. The van der Waals surface area contributed by atoms with Gasteiger partial charge in [-0.1, -0.05) is 27.2 Å². The number of rotatable bonds is 7. The number of aliphatic hydroxyl groups is 1. The maximum absolute atomic E-state index is 11.4. The van der Waals surface area contributed by atoms with Crippen LogP contribution in [0.1, 0.15) is 46.5 Å². The predicted molar refractivity (Wildman–Crippen MR) is 58.0 cm³/mol. The molecule has 0 bridgehead atoms. The van der Waals surface area contributed by atoms with E-state index in [1.54, 1.807) is 0 Å². The number of hydrogen-bond acceptors (Lipinski definition) is 2. The molecule has 0 spiro atoms. The van der Waals surface area contributed by atoms with Crippen LogP contribution in [0.15, 0.2) is 0 Å². The van der Waals surface area contributed by atoms with Gasteiger partial charge in [-0.3, -0.25) is 4.79 Å². The molecular weight excluding hydrogens is 178 g/mol. The van der Waals surface area contributed by atoms with E-state index in [0.29, 0.717) is 13.0 Å². The fourth-order valence-electron chi connectivity index (χ4n) is 1.30. The molecule has 2 N–H and O–H groups in total. The Morgan fingerprint density at radius 3 is 2.50 bits per heavy atom. The summed E-state index contributed by atoms with van der Waals surface area (Å²) >= 11 is 0. The van der Waals surface area contributed by atoms with Crippen LogP contribution < -0.4 is 5.32 Å². The minimum atomic E-state index is -0.281. The third kappa shape index (κ3) is 5.97. The zero-order valence-corrected chi connectivity index (χ0v) is 9.55. The van der Waals surface area contributed by atoms with Gasteiger partial charge in [0.05, 0.1) is 6.10 Å². The van der Waals surface area contributed by atoms with E-state index in [2.05, 4.69) is 12.2 Å². The van der Waals surface area contributed by atoms with Crippen molar-refractivity contribution < 1.29 is 9.90 Å². The van der Waals surface area contributed by atoms with Gasteiger partial charge in [0, 0.05) is 12.5 Å². The predicted octanol–water partition coefficient (Wildman–Crippen LogP) is 1.70. The largest absolute Gasteiger partial charge is 0.393 e. The highest BCUT2D eigenvalue weighted by Gasteiger charge is 2.11. The van der Waals surface area contributed by atoms with Gasteiger partial charge in [0.25, 0.3) is 0 Å². The lowest BCUT2D eigenvalue weighted by molar-refractivity contribution is -0.124. The Kier molecular flexibility index (Phi) is 7.48. The first-order valence-corrected chi connectivity index (χ1v) is 5.57. The molecular formula is C11H23NO2. The first-order valence-electron chi connectivity index (χ1n) is 5.57. The number of nitrogens with one attached hydrogen (secondary N) is 1. The van der Waals surface area contributed by atoms with Gasteiger partial charge in [-0.2, -0.15) is 0 Å². The first-order chi connectivity index (χ1) is 6.61. The molecule has 1 amide bonds. The maximum atomic E-state index is 11.4. The van der Waals surface area contributed by atoms with Gasteiger partial charge in [-0.15, -0.1) is 0 Å². The lowest BCUT2D eigenvalue weighted by atomic mass is 10.1. The van der Waals surface area contributed by atoms with E-state index in [1.807, 2.05) is 13.8 Å². The van der Waals surface area contributed by atoms with Crippen LogP contribution in [0, 0.1) is 5.92 Å². The molecule has 0 aromatic carbocycles. The monoisotopic (exact) mass is 201 g/mol. The fourth-order valence-corrected chi connectivity index (χ4v) is 1.30. The summed E-state index contributed by atoms with van der Waals surface area (Å²) in [6.45, 7) is 6.54. The summed E-state index contributed by atoms with van der Waals surface area (Å²) in [6.07, 6.45) is 3.09. The van der Waals surface area contributed by atoms with Gasteiger partial charge in [0.15, 0.2) is 0 Å². The SMILES string of the molecule is CCCC(C)C(=O)NCCC(O)CC. The molecule has 0 fully saturated rings. The van der Waals surface area contributed by atoms with Gasteiger partial charge in [0.1, 0.15) is 0 Å². The summed E-state index contributed by atoms with van der Waals surface area (Å²) < 4.78 is 0. The normalized spacial score (nSPS) is 14.9. The van der Waals surface area contributed by atoms with Crippen molar-refractivity contribution in [2.75, 3.05) is 6.54 Å². The van der Waals surface area contributed by atoms with E-state index in [1.165, 1.54) is 0 Å². The number of carbonyl (C=O) groups is 1. The van der Waals surface area contributed by atoms with Crippen LogP contribution in [0.3, 0.4) is 0 Å². The first kappa shape index (κ1) is 13.4. The number of carbonyl (C=O) groups excluding carboxylic acids is 1. The van der Waals surface area contributed by atoms with Gasteiger partial charge in [-0.05, 0) is 19.3 Å². The van der Waals surface area contributed by atoms with Gasteiger partial charge < -0.3 is 10.4 Å². The van der Waals surface area contributed by atoms with Crippen molar-refractivity contribution in [3.8, 4) is 0 Å². The van der Waals surface area contributed by atoms with Crippen LogP contribution >= 0.6 is 0 Å². The number of aliphatic hydroxyl groups excluding tert-OH is 1. The van der Waals surface area contributed by atoms with E-state index in [-0.39, 0.29) is 17.9 Å². The molecule has 0 aliphatic carbocycles. The van der Waals surface area contributed by atoms with Crippen molar-refractivity contribution in [2.45, 2.75) is 52.6 Å². The molecule has 14 heavy (non-hydrogen) atoms.